The standard InChI is InChI=1S/C13H19NO3S/c1-9-8-11(16-2)12(18-9)13(15)14-6-5-10-4-3-7-17-10/h8,10H,3-7H2,1-2H3,(H,14,15)/t10-/m1/s1. The summed E-state index contributed by atoms with van der Waals surface area (Å²) >= 11 is 1.46. The lowest BCUT2D eigenvalue weighted by Gasteiger charge is -2.10. The maximum Gasteiger partial charge on any atom is 0.265 e. The van der Waals surface area contributed by atoms with Crippen LogP contribution in [-0.2, 0) is 4.74 Å². The summed E-state index contributed by atoms with van der Waals surface area (Å²) in [7, 11) is 1.59. The Kier molecular flexibility index (Phi) is 4.60. The number of aryl methyl sites for hydroxylation is 1. The summed E-state index contributed by atoms with van der Waals surface area (Å²) in [5.74, 6) is 0.607. The Balaban J connectivity index is 1.83. The predicted molar refractivity (Wildman–Crippen MR) is 71.5 cm³/mol. The summed E-state index contributed by atoms with van der Waals surface area (Å²) in [6.45, 7) is 3.48. The maximum absolute atomic E-state index is 12.0. The minimum absolute atomic E-state index is 0.0528. The van der Waals surface area contributed by atoms with Crippen LogP contribution in [0.1, 0.15) is 33.8 Å². The van der Waals surface area contributed by atoms with Gasteiger partial charge in [-0.1, -0.05) is 0 Å². The molecule has 2 rings (SSSR count). The average Bonchev–Trinajstić information content (AvgIpc) is 2.98. The predicted octanol–water partition coefficient (Wildman–Crippen LogP) is 2.36. The van der Waals surface area contributed by atoms with Crippen molar-refractivity contribution >= 4 is 17.2 Å². The van der Waals surface area contributed by atoms with Crippen molar-refractivity contribution in [2.45, 2.75) is 32.3 Å². The van der Waals surface area contributed by atoms with E-state index < -0.39 is 0 Å². The van der Waals surface area contributed by atoms with Crippen molar-refractivity contribution in [3.8, 4) is 5.75 Å². The topological polar surface area (TPSA) is 47.6 Å². The van der Waals surface area contributed by atoms with Gasteiger partial charge in [0.1, 0.15) is 10.6 Å². The van der Waals surface area contributed by atoms with Gasteiger partial charge in [0, 0.05) is 18.0 Å². The fourth-order valence-corrected chi connectivity index (χ4v) is 3.00. The second-order valence-corrected chi connectivity index (χ2v) is 5.69. The third-order valence-corrected chi connectivity index (χ3v) is 4.05. The van der Waals surface area contributed by atoms with Crippen LogP contribution in [0.25, 0.3) is 0 Å². The molecule has 1 fully saturated rings. The van der Waals surface area contributed by atoms with Crippen LogP contribution < -0.4 is 10.1 Å². The van der Waals surface area contributed by atoms with Crippen molar-refractivity contribution in [1.82, 2.24) is 5.32 Å². The Morgan fingerprint density at radius 1 is 1.67 bits per heavy atom. The minimum Gasteiger partial charge on any atom is -0.495 e. The monoisotopic (exact) mass is 269 g/mol. The van der Waals surface area contributed by atoms with Gasteiger partial charge in [-0.3, -0.25) is 4.79 Å². The molecular formula is C13H19NO3S. The van der Waals surface area contributed by atoms with Gasteiger partial charge in [-0.15, -0.1) is 11.3 Å². The van der Waals surface area contributed by atoms with Gasteiger partial charge in [-0.25, -0.2) is 0 Å². The molecule has 0 spiro atoms. The zero-order valence-electron chi connectivity index (χ0n) is 10.8. The molecule has 0 aliphatic carbocycles. The van der Waals surface area contributed by atoms with Gasteiger partial charge in [0.2, 0.25) is 0 Å². The molecule has 18 heavy (non-hydrogen) atoms. The minimum atomic E-state index is -0.0528. The summed E-state index contributed by atoms with van der Waals surface area (Å²) in [5, 5.41) is 2.93. The number of carbonyl (C=O) groups is 1. The highest BCUT2D eigenvalue weighted by Gasteiger charge is 2.18. The van der Waals surface area contributed by atoms with E-state index >= 15 is 0 Å². The molecule has 1 aliphatic heterocycles. The summed E-state index contributed by atoms with van der Waals surface area (Å²) in [6.07, 6.45) is 3.45. The number of amides is 1. The van der Waals surface area contributed by atoms with Crippen molar-refractivity contribution in [2.24, 2.45) is 0 Å². The first-order chi connectivity index (χ1) is 8.70. The van der Waals surface area contributed by atoms with E-state index in [1.165, 1.54) is 11.3 Å². The van der Waals surface area contributed by atoms with Gasteiger partial charge in [0.15, 0.2) is 0 Å². The number of hydrogen-bond acceptors (Lipinski definition) is 4. The van der Waals surface area contributed by atoms with Crippen LogP contribution >= 0.6 is 11.3 Å². The van der Waals surface area contributed by atoms with Crippen LogP contribution in [0.2, 0.25) is 0 Å². The van der Waals surface area contributed by atoms with E-state index in [4.69, 9.17) is 9.47 Å². The van der Waals surface area contributed by atoms with Crippen LogP contribution in [0.3, 0.4) is 0 Å². The molecule has 100 valence electrons. The third-order valence-electron chi connectivity index (χ3n) is 3.02. The first-order valence-electron chi connectivity index (χ1n) is 6.25. The van der Waals surface area contributed by atoms with Crippen molar-refractivity contribution in [2.75, 3.05) is 20.3 Å². The maximum atomic E-state index is 12.0. The Morgan fingerprint density at radius 2 is 2.50 bits per heavy atom. The molecule has 4 nitrogen and oxygen atoms in total. The highest BCUT2D eigenvalue weighted by molar-refractivity contribution is 7.14. The molecule has 1 atom stereocenters. The van der Waals surface area contributed by atoms with Crippen LogP contribution in [-0.4, -0.2) is 32.3 Å². The third kappa shape index (κ3) is 3.23. The Morgan fingerprint density at radius 3 is 3.17 bits per heavy atom. The lowest BCUT2D eigenvalue weighted by atomic mass is 10.2. The van der Waals surface area contributed by atoms with E-state index in [0.29, 0.717) is 23.3 Å². The molecular weight excluding hydrogens is 250 g/mol. The Hall–Kier alpha value is -1.07. The van der Waals surface area contributed by atoms with Crippen LogP contribution in [0.5, 0.6) is 5.75 Å². The smallest absolute Gasteiger partial charge is 0.265 e. The van der Waals surface area contributed by atoms with Crippen molar-refractivity contribution in [3.05, 3.63) is 15.8 Å². The van der Waals surface area contributed by atoms with E-state index in [2.05, 4.69) is 5.32 Å². The zero-order chi connectivity index (χ0) is 13.0. The molecule has 1 amide bonds. The van der Waals surface area contributed by atoms with E-state index in [1.807, 2.05) is 13.0 Å². The quantitative estimate of drug-likeness (QED) is 0.892. The number of rotatable bonds is 5. The summed E-state index contributed by atoms with van der Waals surface area (Å²) in [6, 6.07) is 1.89. The summed E-state index contributed by atoms with van der Waals surface area (Å²) in [5.41, 5.74) is 0. The lowest BCUT2D eigenvalue weighted by Crippen LogP contribution is -2.26. The van der Waals surface area contributed by atoms with E-state index in [-0.39, 0.29) is 5.91 Å². The van der Waals surface area contributed by atoms with Gasteiger partial charge in [-0.05, 0) is 32.3 Å². The normalized spacial score (nSPS) is 18.9. The fourth-order valence-electron chi connectivity index (χ4n) is 2.10. The summed E-state index contributed by atoms with van der Waals surface area (Å²) < 4.78 is 10.7. The van der Waals surface area contributed by atoms with Gasteiger partial charge >= 0.3 is 0 Å². The van der Waals surface area contributed by atoms with Gasteiger partial charge in [-0.2, -0.15) is 0 Å². The first kappa shape index (κ1) is 13.4. The van der Waals surface area contributed by atoms with Crippen LogP contribution in [0.4, 0.5) is 0 Å². The molecule has 0 bridgehead atoms. The van der Waals surface area contributed by atoms with E-state index in [1.54, 1.807) is 7.11 Å². The highest BCUT2D eigenvalue weighted by Crippen LogP contribution is 2.28. The second-order valence-electron chi connectivity index (χ2n) is 4.43. The number of hydrogen-bond donors (Lipinski definition) is 1. The molecule has 5 heteroatoms. The number of methoxy groups -OCH3 is 1. The second kappa shape index (κ2) is 6.20. The highest BCUT2D eigenvalue weighted by atomic mass is 32.1. The van der Waals surface area contributed by atoms with Crippen LogP contribution in [0.15, 0.2) is 6.07 Å². The molecule has 1 N–H and O–H groups in total. The molecule has 1 aliphatic rings. The van der Waals surface area contributed by atoms with E-state index in [9.17, 15) is 4.79 Å². The average molecular weight is 269 g/mol. The number of thiophene rings is 1. The molecule has 0 radical (unpaired) electrons. The fraction of sp³-hybridized carbons (Fsp3) is 0.615. The molecule has 1 saturated heterocycles. The molecule has 0 aromatic carbocycles. The number of carbonyl (C=O) groups excluding carboxylic acids is 1. The number of ether oxygens (including phenoxy) is 2. The Labute approximate surface area is 111 Å². The van der Waals surface area contributed by atoms with Crippen molar-refractivity contribution in [3.63, 3.8) is 0 Å². The van der Waals surface area contributed by atoms with Gasteiger partial charge in [0.05, 0.1) is 13.2 Å². The molecule has 2 heterocycles. The first-order valence-corrected chi connectivity index (χ1v) is 7.06. The Bertz CT molecular complexity index is 410. The molecule has 1 aromatic heterocycles. The van der Waals surface area contributed by atoms with E-state index in [0.717, 1.165) is 30.7 Å². The molecule has 1 aromatic rings. The lowest BCUT2D eigenvalue weighted by molar-refractivity contribution is 0.0908. The van der Waals surface area contributed by atoms with Crippen LogP contribution in [0, 0.1) is 6.92 Å². The summed E-state index contributed by atoms with van der Waals surface area (Å²) in [4.78, 5) is 13.7. The van der Waals surface area contributed by atoms with Gasteiger partial charge in [0.25, 0.3) is 5.91 Å². The largest absolute Gasteiger partial charge is 0.495 e. The zero-order valence-corrected chi connectivity index (χ0v) is 11.6. The number of nitrogens with one attached hydrogen (secondary N) is 1. The van der Waals surface area contributed by atoms with Crippen molar-refractivity contribution in [1.29, 1.82) is 0 Å². The van der Waals surface area contributed by atoms with Crippen molar-refractivity contribution < 1.29 is 14.3 Å². The SMILES string of the molecule is COc1cc(C)sc1C(=O)NCC[C@H]1CCCO1. The van der Waals surface area contributed by atoms with Gasteiger partial charge < -0.3 is 14.8 Å². The molecule has 0 unspecified atom stereocenters. The molecule has 0 saturated carbocycles.